The average molecular weight is 616 g/mol. The van der Waals surface area contributed by atoms with Crippen molar-refractivity contribution < 1.29 is 14.0 Å². The normalized spacial score (nSPS) is 16.7. The van der Waals surface area contributed by atoms with Crippen LogP contribution in [-0.4, -0.2) is 68.0 Å². The molecule has 10 heteroatoms. The van der Waals surface area contributed by atoms with Crippen molar-refractivity contribution in [3.63, 3.8) is 0 Å². The van der Waals surface area contributed by atoms with Crippen molar-refractivity contribution >= 4 is 50.3 Å². The zero-order valence-corrected chi connectivity index (χ0v) is 24.5. The molecular weight excluding hydrogens is 583 g/mol. The lowest BCUT2D eigenvalue weighted by atomic mass is 10.0. The maximum absolute atomic E-state index is 14.8. The summed E-state index contributed by atoms with van der Waals surface area (Å²) in [6.07, 6.45) is 5.12. The first-order valence-electron chi connectivity index (χ1n) is 13.3. The largest absolute Gasteiger partial charge is 0.338 e. The highest BCUT2D eigenvalue weighted by atomic mass is 79.9. The average Bonchev–Trinajstić information content (AvgIpc) is 3.43. The Bertz CT molecular complexity index is 1460. The van der Waals surface area contributed by atoms with E-state index in [1.54, 1.807) is 40.9 Å². The number of fused-ring (bicyclic) bond motifs is 1. The highest BCUT2D eigenvalue weighted by molar-refractivity contribution is 9.10. The maximum Gasteiger partial charge on any atom is 0.272 e. The number of benzene rings is 2. The molecule has 2 aromatic carbocycles. The maximum atomic E-state index is 14.8. The van der Waals surface area contributed by atoms with Crippen molar-refractivity contribution in [1.82, 2.24) is 20.0 Å². The third kappa shape index (κ3) is 6.06. The number of carbonyl (C=O) groups excluding carboxylic acids is 2. The van der Waals surface area contributed by atoms with Gasteiger partial charge in [-0.15, -0.1) is 11.8 Å². The second-order valence-corrected chi connectivity index (χ2v) is 13.6. The molecule has 2 heterocycles. The minimum atomic E-state index is -0.585. The number of thioether (sulfide) groups is 1. The van der Waals surface area contributed by atoms with Gasteiger partial charge in [-0.1, -0.05) is 34.8 Å². The van der Waals surface area contributed by atoms with E-state index >= 15 is 0 Å². The van der Waals surface area contributed by atoms with Crippen LogP contribution in [-0.2, 0) is 11.2 Å². The molecule has 1 aliphatic carbocycles. The lowest BCUT2D eigenvalue weighted by Crippen LogP contribution is -2.54. The molecular formula is C29H32BrFN4O3S. The Morgan fingerprint density at radius 2 is 1.74 bits per heavy atom. The molecule has 2 amide bonds. The van der Waals surface area contributed by atoms with Crippen molar-refractivity contribution in [3.05, 3.63) is 73.9 Å². The van der Waals surface area contributed by atoms with E-state index in [4.69, 9.17) is 0 Å². The van der Waals surface area contributed by atoms with Crippen LogP contribution in [0.5, 0.6) is 0 Å². The highest BCUT2D eigenvalue weighted by Gasteiger charge is 2.37. The first kappa shape index (κ1) is 27.8. The van der Waals surface area contributed by atoms with Crippen LogP contribution in [0.4, 0.5) is 4.39 Å². The predicted octanol–water partition coefficient (Wildman–Crippen LogP) is 5.15. The van der Waals surface area contributed by atoms with E-state index < -0.39 is 10.6 Å². The molecule has 5 rings (SSSR count). The van der Waals surface area contributed by atoms with Gasteiger partial charge in [0.1, 0.15) is 5.82 Å². The molecule has 0 spiro atoms. The number of nitrogens with one attached hydrogen (secondary N) is 1. The second-order valence-electron chi connectivity index (χ2n) is 10.8. The zero-order chi connectivity index (χ0) is 27.7. The van der Waals surface area contributed by atoms with Crippen LogP contribution in [0.25, 0.3) is 10.8 Å². The molecule has 2 aliphatic rings. The minimum Gasteiger partial charge on any atom is -0.338 e. The molecule has 0 unspecified atom stereocenters. The van der Waals surface area contributed by atoms with Gasteiger partial charge in [0.05, 0.1) is 21.4 Å². The molecule has 0 bridgehead atoms. The fourth-order valence-electron chi connectivity index (χ4n) is 5.50. The van der Waals surface area contributed by atoms with Crippen LogP contribution in [0.3, 0.4) is 0 Å². The number of amides is 2. The molecule has 0 atom stereocenters. The Balaban J connectivity index is 1.27. The first-order chi connectivity index (χ1) is 18.6. The molecule has 2 fully saturated rings. The number of rotatable bonds is 6. The van der Waals surface area contributed by atoms with Crippen molar-refractivity contribution in [3.8, 4) is 0 Å². The van der Waals surface area contributed by atoms with Gasteiger partial charge in [-0.3, -0.25) is 14.4 Å². The Labute approximate surface area is 239 Å². The first-order valence-corrected chi connectivity index (χ1v) is 15.0. The number of piperazine rings is 1. The molecule has 1 saturated carbocycles. The molecule has 0 radical (unpaired) electrons. The topological polar surface area (TPSA) is 86.4 Å². The Morgan fingerprint density at radius 3 is 2.46 bits per heavy atom. The van der Waals surface area contributed by atoms with E-state index in [-0.39, 0.29) is 22.9 Å². The number of halogens is 2. The summed E-state index contributed by atoms with van der Waals surface area (Å²) in [6, 6.07) is 9.84. The fourth-order valence-corrected chi connectivity index (χ4v) is 7.50. The summed E-state index contributed by atoms with van der Waals surface area (Å²) in [6.45, 7) is 5.58. The summed E-state index contributed by atoms with van der Waals surface area (Å²) in [4.78, 5) is 42.3. The van der Waals surface area contributed by atoms with Crippen LogP contribution in [0.2, 0.25) is 0 Å². The molecule has 1 N–H and O–H groups in total. The number of aromatic amines is 1. The zero-order valence-electron chi connectivity index (χ0n) is 22.1. The molecule has 1 aromatic heterocycles. The van der Waals surface area contributed by atoms with Crippen LogP contribution >= 0.6 is 27.7 Å². The number of carbonyl (C=O) groups is 2. The molecule has 39 heavy (non-hydrogen) atoms. The van der Waals surface area contributed by atoms with E-state index in [9.17, 15) is 18.8 Å². The number of hydrogen-bond acceptors (Lipinski definition) is 5. The number of H-pyrrole nitrogens is 1. The van der Waals surface area contributed by atoms with Crippen LogP contribution in [0, 0.1) is 5.82 Å². The summed E-state index contributed by atoms with van der Waals surface area (Å²) in [5.74, 6) is -0.867. The minimum absolute atomic E-state index is 0.000643. The molecule has 7 nitrogen and oxygen atoms in total. The standard InChI is InChI=1S/C29H32BrFN4O3S/c1-29(2,39-20-5-3-4-6-20)28(38)35-13-11-34(12-14-35)27(37)23-15-18(7-10-24(23)31)16-25-22-17-19(30)8-9-21(22)26(36)33-32-25/h7-10,15,17,20H,3-6,11-14,16H2,1-2H3,(H,33,36). The van der Waals surface area contributed by atoms with Gasteiger partial charge in [-0.05, 0) is 62.6 Å². The Hall–Kier alpha value is -2.72. The van der Waals surface area contributed by atoms with Gasteiger partial charge in [-0.2, -0.15) is 5.10 Å². The summed E-state index contributed by atoms with van der Waals surface area (Å²) < 4.78 is 15.2. The highest BCUT2D eigenvalue weighted by Crippen LogP contribution is 2.39. The van der Waals surface area contributed by atoms with Gasteiger partial charge in [0.2, 0.25) is 5.91 Å². The Morgan fingerprint density at radius 1 is 1.05 bits per heavy atom. The summed E-state index contributed by atoms with van der Waals surface area (Å²) in [7, 11) is 0. The van der Waals surface area contributed by atoms with E-state index in [0.717, 1.165) is 4.47 Å². The smallest absolute Gasteiger partial charge is 0.272 e. The monoisotopic (exact) mass is 614 g/mol. The molecule has 1 aliphatic heterocycles. The van der Waals surface area contributed by atoms with E-state index in [1.165, 1.54) is 31.7 Å². The van der Waals surface area contributed by atoms with Crippen LogP contribution in [0.15, 0.2) is 45.7 Å². The van der Waals surface area contributed by atoms with Crippen LogP contribution in [0.1, 0.15) is 61.1 Å². The van der Waals surface area contributed by atoms with E-state index in [0.29, 0.717) is 59.9 Å². The number of aromatic nitrogens is 2. The third-order valence-electron chi connectivity index (χ3n) is 7.59. The number of nitrogens with zero attached hydrogens (tertiary/aromatic N) is 3. The van der Waals surface area contributed by atoms with Crippen molar-refractivity contribution in [1.29, 1.82) is 0 Å². The molecule has 206 valence electrons. The van der Waals surface area contributed by atoms with Gasteiger partial charge in [0, 0.05) is 47.7 Å². The quantitative estimate of drug-likeness (QED) is 0.415. The van der Waals surface area contributed by atoms with Crippen molar-refractivity contribution in [2.24, 2.45) is 0 Å². The van der Waals surface area contributed by atoms with E-state index in [2.05, 4.69) is 26.1 Å². The number of hydrogen-bond donors (Lipinski definition) is 1. The summed E-state index contributed by atoms with van der Waals surface area (Å²) in [5.41, 5.74) is 1.05. The summed E-state index contributed by atoms with van der Waals surface area (Å²) >= 11 is 5.21. The fraction of sp³-hybridized carbons (Fsp3) is 0.448. The van der Waals surface area contributed by atoms with Gasteiger partial charge in [0.25, 0.3) is 11.5 Å². The lowest BCUT2D eigenvalue weighted by molar-refractivity contribution is -0.134. The van der Waals surface area contributed by atoms with E-state index in [1.807, 2.05) is 24.8 Å². The van der Waals surface area contributed by atoms with Gasteiger partial charge < -0.3 is 9.80 Å². The molecule has 3 aromatic rings. The second kappa shape index (κ2) is 11.4. The lowest BCUT2D eigenvalue weighted by Gasteiger charge is -2.39. The van der Waals surface area contributed by atoms with Gasteiger partial charge >= 0.3 is 0 Å². The SMILES string of the molecule is CC(C)(SC1CCCC1)C(=O)N1CCN(C(=O)c2cc(Cc3n[nH]c(=O)c4ccc(Br)cc34)ccc2F)CC1. The van der Waals surface area contributed by atoms with Crippen LogP contribution < -0.4 is 5.56 Å². The van der Waals surface area contributed by atoms with Crippen molar-refractivity contribution in [2.45, 2.75) is 55.9 Å². The predicted molar refractivity (Wildman–Crippen MR) is 156 cm³/mol. The molecule has 1 saturated heterocycles. The van der Waals surface area contributed by atoms with Crippen molar-refractivity contribution in [2.75, 3.05) is 26.2 Å². The van der Waals surface area contributed by atoms with Gasteiger partial charge in [-0.25, -0.2) is 9.49 Å². The Kier molecular flexibility index (Phi) is 8.14. The van der Waals surface area contributed by atoms with Gasteiger partial charge in [0.15, 0.2) is 0 Å². The summed E-state index contributed by atoms with van der Waals surface area (Å²) in [5, 5.41) is 8.49. The third-order valence-corrected chi connectivity index (χ3v) is 9.66.